The third-order valence-corrected chi connectivity index (χ3v) is 3.05. The number of amides is 1. The number of carbonyl (C=O) groups excluding carboxylic acids is 1. The number of carboxylic acids is 1. The normalized spacial score (nSPS) is 10.9. The Morgan fingerprint density at radius 2 is 2.00 bits per heavy atom. The van der Waals surface area contributed by atoms with E-state index >= 15 is 0 Å². The molecular weight excluding hydrogens is 274 g/mol. The second-order valence-corrected chi connectivity index (χ2v) is 5.03. The van der Waals surface area contributed by atoms with Gasteiger partial charge in [0, 0.05) is 5.92 Å². The molecular formula is C15H17NO5. The van der Waals surface area contributed by atoms with Gasteiger partial charge in [0.15, 0.2) is 0 Å². The first-order chi connectivity index (χ1) is 9.88. The molecule has 0 atom stereocenters. The molecule has 0 saturated carbocycles. The first-order valence-electron chi connectivity index (χ1n) is 6.59. The van der Waals surface area contributed by atoms with E-state index in [1.54, 1.807) is 13.0 Å². The molecule has 0 unspecified atom stereocenters. The average Bonchev–Trinajstić information content (AvgIpc) is 3.02. The lowest BCUT2D eigenvalue weighted by Gasteiger charge is -2.01. The Morgan fingerprint density at radius 1 is 1.29 bits per heavy atom. The minimum absolute atomic E-state index is 0.119. The quantitative estimate of drug-likeness (QED) is 0.883. The van der Waals surface area contributed by atoms with Crippen molar-refractivity contribution in [1.82, 2.24) is 5.32 Å². The summed E-state index contributed by atoms with van der Waals surface area (Å²) in [6.07, 6.45) is 0. The summed E-state index contributed by atoms with van der Waals surface area (Å²) >= 11 is 0. The number of carbonyl (C=O) groups is 2. The average molecular weight is 291 g/mol. The Kier molecular flexibility index (Phi) is 4.16. The van der Waals surface area contributed by atoms with Crippen LogP contribution in [0.2, 0.25) is 0 Å². The number of furan rings is 2. The third kappa shape index (κ3) is 3.34. The molecule has 0 aliphatic rings. The molecule has 1 amide bonds. The molecule has 112 valence electrons. The summed E-state index contributed by atoms with van der Waals surface area (Å²) in [5.41, 5.74) is 0.476. The van der Waals surface area contributed by atoms with E-state index in [1.807, 2.05) is 13.8 Å². The first kappa shape index (κ1) is 14.9. The Morgan fingerprint density at radius 3 is 2.52 bits per heavy atom. The van der Waals surface area contributed by atoms with Crippen molar-refractivity contribution in [2.45, 2.75) is 33.2 Å². The fourth-order valence-corrected chi connectivity index (χ4v) is 1.87. The maximum atomic E-state index is 12.1. The van der Waals surface area contributed by atoms with Crippen LogP contribution >= 0.6 is 0 Å². The minimum Gasteiger partial charge on any atom is -0.475 e. The highest BCUT2D eigenvalue weighted by Crippen LogP contribution is 2.21. The lowest BCUT2D eigenvalue weighted by atomic mass is 10.1. The van der Waals surface area contributed by atoms with E-state index in [9.17, 15) is 9.59 Å². The van der Waals surface area contributed by atoms with E-state index in [0.29, 0.717) is 17.1 Å². The molecule has 0 saturated heterocycles. The summed E-state index contributed by atoms with van der Waals surface area (Å²) in [6, 6.07) is 4.59. The summed E-state index contributed by atoms with van der Waals surface area (Å²) in [5.74, 6) is 0.321. The fraction of sp³-hybridized carbons (Fsp3) is 0.333. The largest absolute Gasteiger partial charge is 0.475 e. The van der Waals surface area contributed by atoms with Crippen LogP contribution in [-0.4, -0.2) is 17.0 Å². The summed E-state index contributed by atoms with van der Waals surface area (Å²) in [4.78, 5) is 22.8. The molecule has 21 heavy (non-hydrogen) atoms. The molecule has 0 aliphatic carbocycles. The van der Waals surface area contributed by atoms with Crippen LogP contribution in [0.15, 0.2) is 27.0 Å². The van der Waals surface area contributed by atoms with Gasteiger partial charge in [-0.15, -0.1) is 0 Å². The molecule has 0 spiro atoms. The summed E-state index contributed by atoms with van der Waals surface area (Å²) in [6.45, 7) is 5.82. The van der Waals surface area contributed by atoms with Crippen molar-refractivity contribution in [2.75, 3.05) is 0 Å². The maximum Gasteiger partial charge on any atom is 0.371 e. The van der Waals surface area contributed by atoms with Gasteiger partial charge in [-0.05, 0) is 25.1 Å². The van der Waals surface area contributed by atoms with Crippen LogP contribution in [0.1, 0.15) is 58.0 Å². The maximum absolute atomic E-state index is 12.1. The number of aryl methyl sites for hydroxylation is 1. The molecule has 2 heterocycles. The SMILES string of the molecule is Cc1oc(C(C)C)cc1C(=O)NCc1ccc(C(=O)O)o1. The lowest BCUT2D eigenvalue weighted by molar-refractivity contribution is 0.0660. The van der Waals surface area contributed by atoms with Gasteiger partial charge in [-0.1, -0.05) is 13.8 Å². The molecule has 2 aromatic heterocycles. The predicted molar refractivity (Wildman–Crippen MR) is 74.4 cm³/mol. The molecule has 2 aromatic rings. The summed E-state index contributed by atoms with van der Waals surface area (Å²) in [7, 11) is 0. The van der Waals surface area contributed by atoms with Crippen LogP contribution in [0.3, 0.4) is 0 Å². The molecule has 0 fully saturated rings. The van der Waals surface area contributed by atoms with Gasteiger partial charge in [-0.25, -0.2) is 4.79 Å². The topological polar surface area (TPSA) is 92.7 Å². The number of nitrogens with one attached hydrogen (secondary N) is 1. The third-order valence-electron chi connectivity index (χ3n) is 3.05. The standard InChI is InChI=1S/C15H17NO5/c1-8(2)13-6-11(9(3)20-13)14(17)16-7-10-4-5-12(21-10)15(18)19/h4-6,8H,7H2,1-3H3,(H,16,17)(H,18,19). The second kappa shape index (κ2) is 5.87. The first-order valence-corrected chi connectivity index (χ1v) is 6.59. The smallest absolute Gasteiger partial charge is 0.371 e. The molecule has 2 N–H and O–H groups in total. The van der Waals surface area contributed by atoms with E-state index in [2.05, 4.69) is 5.32 Å². The van der Waals surface area contributed by atoms with Crippen LogP contribution in [-0.2, 0) is 6.54 Å². The molecule has 2 rings (SSSR count). The van der Waals surface area contributed by atoms with Gasteiger partial charge in [-0.2, -0.15) is 0 Å². The molecule has 0 aromatic carbocycles. The predicted octanol–water partition coefficient (Wildman–Crippen LogP) is 2.93. The number of hydrogen-bond donors (Lipinski definition) is 2. The van der Waals surface area contributed by atoms with Gasteiger partial charge in [0.1, 0.15) is 17.3 Å². The summed E-state index contributed by atoms with van der Waals surface area (Å²) in [5, 5.41) is 11.4. The number of hydrogen-bond acceptors (Lipinski definition) is 4. The van der Waals surface area contributed by atoms with Gasteiger partial charge in [-0.3, -0.25) is 4.79 Å². The Labute approximate surface area is 121 Å². The van der Waals surface area contributed by atoms with E-state index in [0.717, 1.165) is 5.76 Å². The van der Waals surface area contributed by atoms with Gasteiger partial charge >= 0.3 is 5.97 Å². The Hall–Kier alpha value is -2.50. The molecule has 0 radical (unpaired) electrons. The van der Waals surface area contributed by atoms with Gasteiger partial charge in [0.05, 0.1) is 12.1 Å². The number of carboxylic acid groups (broad SMARTS) is 1. The highest BCUT2D eigenvalue weighted by atomic mass is 16.4. The molecule has 0 aliphatic heterocycles. The molecule has 6 nitrogen and oxygen atoms in total. The van der Waals surface area contributed by atoms with Crippen molar-refractivity contribution in [3.8, 4) is 0 Å². The zero-order valence-electron chi connectivity index (χ0n) is 12.1. The highest BCUT2D eigenvalue weighted by molar-refractivity contribution is 5.95. The van der Waals surface area contributed by atoms with Crippen LogP contribution in [0.4, 0.5) is 0 Å². The van der Waals surface area contributed by atoms with Gasteiger partial charge in [0.25, 0.3) is 5.91 Å². The van der Waals surface area contributed by atoms with Crippen molar-refractivity contribution >= 4 is 11.9 Å². The van der Waals surface area contributed by atoms with Crippen LogP contribution in [0.25, 0.3) is 0 Å². The number of rotatable bonds is 5. The van der Waals surface area contributed by atoms with Crippen LogP contribution < -0.4 is 5.32 Å². The van der Waals surface area contributed by atoms with E-state index < -0.39 is 5.97 Å². The van der Waals surface area contributed by atoms with Crippen LogP contribution in [0, 0.1) is 6.92 Å². The zero-order valence-corrected chi connectivity index (χ0v) is 12.1. The Bertz CT molecular complexity index is 665. The van der Waals surface area contributed by atoms with E-state index in [4.69, 9.17) is 13.9 Å². The van der Waals surface area contributed by atoms with Crippen LogP contribution in [0.5, 0.6) is 0 Å². The van der Waals surface area contributed by atoms with Crippen molar-refractivity contribution < 1.29 is 23.5 Å². The second-order valence-electron chi connectivity index (χ2n) is 5.03. The van der Waals surface area contributed by atoms with Gasteiger partial charge < -0.3 is 19.3 Å². The molecule has 6 heteroatoms. The Balaban J connectivity index is 2.02. The monoisotopic (exact) mass is 291 g/mol. The van der Waals surface area contributed by atoms with E-state index in [-0.39, 0.29) is 24.1 Å². The van der Waals surface area contributed by atoms with Crippen molar-refractivity contribution in [1.29, 1.82) is 0 Å². The lowest BCUT2D eigenvalue weighted by Crippen LogP contribution is -2.22. The summed E-state index contributed by atoms with van der Waals surface area (Å²) < 4.78 is 10.6. The minimum atomic E-state index is -1.14. The van der Waals surface area contributed by atoms with E-state index in [1.165, 1.54) is 12.1 Å². The van der Waals surface area contributed by atoms with Crippen molar-refractivity contribution in [2.24, 2.45) is 0 Å². The molecule has 0 bridgehead atoms. The van der Waals surface area contributed by atoms with Crippen molar-refractivity contribution in [3.63, 3.8) is 0 Å². The zero-order chi connectivity index (χ0) is 15.6. The van der Waals surface area contributed by atoms with Crippen molar-refractivity contribution in [3.05, 3.63) is 46.8 Å². The van der Waals surface area contributed by atoms with Gasteiger partial charge in [0.2, 0.25) is 5.76 Å². The highest BCUT2D eigenvalue weighted by Gasteiger charge is 2.17. The fourth-order valence-electron chi connectivity index (χ4n) is 1.87. The number of aromatic carboxylic acids is 1.